The third kappa shape index (κ3) is 9.31. The third-order valence-electron chi connectivity index (χ3n) is 4.60. The molecule has 0 saturated carbocycles. The minimum atomic E-state index is -1.22. The van der Waals surface area contributed by atoms with Gasteiger partial charge in [-0.2, -0.15) is 0 Å². The predicted octanol–water partition coefficient (Wildman–Crippen LogP) is -1.14. The summed E-state index contributed by atoms with van der Waals surface area (Å²) in [6, 6.07) is 2.48. The molecule has 178 valence electrons. The average Bonchev–Trinajstić information content (AvgIpc) is 2.71. The van der Waals surface area contributed by atoms with Crippen LogP contribution < -0.4 is 21.7 Å². The molecule has 4 unspecified atom stereocenters. The monoisotopic (exact) mass is 452 g/mol. The van der Waals surface area contributed by atoms with Crippen LogP contribution in [0.1, 0.15) is 32.8 Å². The van der Waals surface area contributed by atoms with Crippen molar-refractivity contribution >= 4 is 23.7 Å². The fourth-order valence-electron chi connectivity index (χ4n) is 2.79. The second kappa shape index (κ2) is 12.6. The van der Waals surface area contributed by atoms with Crippen molar-refractivity contribution in [1.29, 1.82) is 0 Å². The normalized spacial score (nSPS) is 14.7. The van der Waals surface area contributed by atoms with Gasteiger partial charge in [0.2, 0.25) is 17.7 Å². The fraction of sp³-hybridized carbons (Fsp3) is 0.524. The number of aliphatic hydroxyl groups is 1. The van der Waals surface area contributed by atoms with E-state index in [1.807, 2.05) is 13.8 Å². The number of carboxylic acids is 1. The lowest BCUT2D eigenvalue weighted by molar-refractivity contribution is -0.142. The van der Waals surface area contributed by atoms with Crippen molar-refractivity contribution in [2.24, 2.45) is 11.7 Å². The van der Waals surface area contributed by atoms with Crippen molar-refractivity contribution in [3.8, 4) is 5.75 Å². The van der Waals surface area contributed by atoms with Gasteiger partial charge in [0.1, 0.15) is 23.9 Å². The standard InChI is InChI=1S/C21H32N4O7/c1-11(2)8-16(21(31)32)25-19(29)15(9-13-4-6-14(27)7-5-13)24-17(28)10-23-20(30)18(22)12(3)26/h4-7,11-12,15-16,18,26-27H,8-10,22H2,1-3H3,(H,23,30)(H,24,28)(H,25,29)(H,31,32). The topological polar surface area (TPSA) is 191 Å². The Labute approximate surface area is 186 Å². The molecule has 0 aliphatic carbocycles. The van der Waals surface area contributed by atoms with E-state index in [1.165, 1.54) is 19.1 Å². The summed E-state index contributed by atoms with van der Waals surface area (Å²) in [6.45, 7) is 4.47. The lowest BCUT2D eigenvalue weighted by Gasteiger charge is -2.23. The highest BCUT2D eigenvalue weighted by atomic mass is 16.4. The maximum absolute atomic E-state index is 12.8. The van der Waals surface area contributed by atoms with E-state index in [0.29, 0.717) is 5.56 Å². The molecule has 11 nitrogen and oxygen atoms in total. The van der Waals surface area contributed by atoms with Crippen LogP contribution in [0.3, 0.4) is 0 Å². The van der Waals surface area contributed by atoms with Crippen LogP contribution in [0.15, 0.2) is 24.3 Å². The Kier molecular flexibility index (Phi) is 10.6. The van der Waals surface area contributed by atoms with Gasteiger partial charge in [-0.1, -0.05) is 26.0 Å². The van der Waals surface area contributed by atoms with Gasteiger partial charge in [-0.25, -0.2) is 4.79 Å². The van der Waals surface area contributed by atoms with Crippen molar-refractivity contribution in [1.82, 2.24) is 16.0 Å². The highest BCUT2D eigenvalue weighted by Gasteiger charge is 2.28. The number of phenols is 1. The summed E-state index contributed by atoms with van der Waals surface area (Å²) in [5.41, 5.74) is 6.11. The van der Waals surface area contributed by atoms with Gasteiger partial charge in [0, 0.05) is 6.42 Å². The molecule has 32 heavy (non-hydrogen) atoms. The first-order chi connectivity index (χ1) is 14.9. The number of amides is 3. The number of carbonyl (C=O) groups excluding carboxylic acids is 3. The van der Waals surface area contributed by atoms with Crippen LogP contribution in [0, 0.1) is 5.92 Å². The second-order valence-corrected chi connectivity index (χ2v) is 8.00. The molecule has 0 aliphatic rings. The van der Waals surface area contributed by atoms with Crippen molar-refractivity contribution in [2.45, 2.75) is 57.8 Å². The van der Waals surface area contributed by atoms with E-state index >= 15 is 0 Å². The molecule has 0 aromatic heterocycles. The quantitative estimate of drug-likeness (QED) is 0.207. The molecule has 0 bridgehead atoms. The van der Waals surface area contributed by atoms with Crippen LogP contribution in [-0.2, 0) is 25.6 Å². The van der Waals surface area contributed by atoms with Gasteiger partial charge in [-0.05, 0) is 37.0 Å². The minimum Gasteiger partial charge on any atom is -0.508 e. The van der Waals surface area contributed by atoms with Crippen molar-refractivity contribution < 1.29 is 34.5 Å². The highest BCUT2D eigenvalue weighted by Crippen LogP contribution is 2.12. The molecule has 3 amide bonds. The Morgan fingerprint density at radius 1 is 0.969 bits per heavy atom. The van der Waals surface area contributed by atoms with Crippen molar-refractivity contribution in [3.63, 3.8) is 0 Å². The lowest BCUT2D eigenvalue weighted by atomic mass is 10.0. The molecule has 0 spiro atoms. The predicted molar refractivity (Wildman–Crippen MR) is 115 cm³/mol. The van der Waals surface area contributed by atoms with E-state index in [9.17, 15) is 34.5 Å². The molecule has 0 radical (unpaired) electrons. The van der Waals surface area contributed by atoms with Crippen LogP contribution in [0.4, 0.5) is 0 Å². The van der Waals surface area contributed by atoms with Gasteiger partial charge >= 0.3 is 5.97 Å². The first-order valence-corrected chi connectivity index (χ1v) is 10.2. The molecule has 1 aromatic carbocycles. The maximum Gasteiger partial charge on any atom is 0.326 e. The van der Waals surface area contributed by atoms with E-state index < -0.39 is 54.5 Å². The zero-order valence-electron chi connectivity index (χ0n) is 18.4. The van der Waals surface area contributed by atoms with Crippen LogP contribution >= 0.6 is 0 Å². The number of hydrogen-bond donors (Lipinski definition) is 7. The Balaban J connectivity index is 2.90. The number of carboxylic acid groups (broad SMARTS) is 1. The molecule has 1 aromatic rings. The van der Waals surface area contributed by atoms with Gasteiger partial charge in [0.25, 0.3) is 0 Å². The summed E-state index contributed by atoms with van der Waals surface area (Å²) in [7, 11) is 0. The number of phenolic OH excluding ortho intramolecular Hbond substituents is 1. The summed E-state index contributed by atoms with van der Waals surface area (Å²) >= 11 is 0. The summed E-state index contributed by atoms with van der Waals surface area (Å²) in [4.78, 5) is 48.4. The molecule has 0 fully saturated rings. The van der Waals surface area contributed by atoms with Gasteiger partial charge in [0.15, 0.2) is 0 Å². The molecule has 8 N–H and O–H groups in total. The van der Waals surface area contributed by atoms with Gasteiger partial charge in [-0.15, -0.1) is 0 Å². The number of aromatic hydroxyl groups is 1. The Morgan fingerprint density at radius 2 is 1.56 bits per heavy atom. The van der Waals surface area contributed by atoms with Gasteiger partial charge < -0.3 is 37.0 Å². The zero-order valence-corrected chi connectivity index (χ0v) is 18.4. The number of nitrogens with two attached hydrogens (primary N) is 1. The number of aliphatic carboxylic acids is 1. The summed E-state index contributed by atoms with van der Waals surface area (Å²) < 4.78 is 0. The summed E-state index contributed by atoms with van der Waals surface area (Å²) in [6.07, 6.45) is -0.888. The molecule has 0 aliphatic heterocycles. The molecule has 4 atom stereocenters. The first-order valence-electron chi connectivity index (χ1n) is 10.2. The largest absolute Gasteiger partial charge is 0.508 e. The summed E-state index contributed by atoms with van der Waals surface area (Å²) in [5, 5.41) is 35.4. The van der Waals surface area contributed by atoms with E-state index in [1.54, 1.807) is 12.1 Å². The maximum atomic E-state index is 12.8. The van der Waals surface area contributed by atoms with Crippen LogP contribution in [0.5, 0.6) is 5.75 Å². The number of hydrogen-bond acceptors (Lipinski definition) is 7. The SMILES string of the molecule is CC(C)CC(NC(=O)C(Cc1ccc(O)cc1)NC(=O)CNC(=O)C(N)C(C)O)C(=O)O. The van der Waals surface area contributed by atoms with Crippen LogP contribution in [0.25, 0.3) is 0 Å². The van der Waals surface area contributed by atoms with E-state index in [0.717, 1.165) is 0 Å². The number of nitrogens with one attached hydrogen (secondary N) is 3. The summed E-state index contributed by atoms with van der Waals surface area (Å²) in [5.74, 6) is -3.30. The van der Waals surface area contributed by atoms with E-state index in [-0.39, 0.29) is 24.5 Å². The molecule has 1 rings (SSSR count). The van der Waals surface area contributed by atoms with Gasteiger partial charge in [-0.3, -0.25) is 14.4 Å². The minimum absolute atomic E-state index is 0.00915. The molecular formula is C21H32N4O7. The first kappa shape index (κ1) is 26.9. The lowest BCUT2D eigenvalue weighted by Crippen LogP contribution is -2.55. The second-order valence-electron chi connectivity index (χ2n) is 8.00. The Bertz CT molecular complexity index is 796. The Morgan fingerprint density at radius 3 is 2.06 bits per heavy atom. The Hall–Kier alpha value is -3.18. The fourth-order valence-corrected chi connectivity index (χ4v) is 2.79. The average molecular weight is 453 g/mol. The van der Waals surface area contributed by atoms with E-state index in [2.05, 4.69) is 16.0 Å². The molecule has 11 heteroatoms. The van der Waals surface area contributed by atoms with Crippen molar-refractivity contribution in [3.05, 3.63) is 29.8 Å². The van der Waals surface area contributed by atoms with Crippen LogP contribution in [0.2, 0.25) is 0 Å². The van der Waals surface area contributed by atoms with Crippen molar-refractivity contribution in [2.75, 3.05) is 6.54 Å². The number of benzene rings is 1. The number of rotatable bonds is 12. The smallest absolute Gasteiger partial charge is 0.326 e. The van der Waals surface area contributed by atoms with Gasteiger partial charge in [0.05, 0.1) is 12.6 Å². The third-order valence-corrected chi connectivity index (χ3v) is 4.60. The zero-order chi connectivity index (χ0) is 24.4. The molecule has 0 saturated heterocycles. The van der Waals surface area contributed by atoms with E-state index in [4.69, 9.17) is 5.73 Å². The number of aliphatic hydroxyl groups excluding tert-OH is 1. The van der Waals surface area contributed by atoms with Crippen LogP contribution in [-0.4, -0.2) is 69.8 Å². The highest BCUT2D eigenvalue weighted by molar-refractivity contribution is 5.92. The number of carbonyl (C=O) groups is 4. The molecular weight excluding hydrogens is 420 g/mol. The molecule has 0 heterocycles.